The number of nitrogens with one attached hydrogen (secondary N) is 1. The molecule has 1 saturated carbocycles. The molecule has 6 heteroatoms. The molecule has 0 amide bonds. The van der Waals surface area contributed by atoms with E-state index in [0.717, 1.165) is 35.7 Å². The van der Waals surface area contributed by atoms with Gasteiger partial charge < -0.3 is 0 Å². The minimum atomic E-state index is -3.48. The summed E-state index contributed by atoms with van der Waals surface area (Å²) in [6.07, 6.45) is 4.14. The van der Waals surface area contributed by atoms with Crippen LogP contribution in [-0.4, -0.2) is 19.7 Å². The molecular formula is C19H22BrNO2S2. The van der Waals surface area contributed by atoms with E-state index in [2.05, 4.69) is 32.8 Å². The summed E-state index contributed by atoms with van der Waals surface area (Å²) in [4.78, 5) is 1.52. The average Bonchev–Trinajstić information content (AvgIpc) is 2.59. The van der Waals surface area contributed by atoms with Crippen molar-refractivity contribution < 1.29 is 8.42 Å². The zero-order valence-electron chi connectivity index (χ0n) is 14.1. The zero-order valence-corrected chi connectivity index (χ0v) is 17.3. The molecule has 0 bridgehead atoms. The van der Waals surface area contributed by atoms with E-state index in [1.54, 1.807) is 23.9 Å². The zero-order chi connectivity index (χ0) is 17.9. The third-order valence-corrected chi connectivity index (χ3v) is 7.89. The maximum absolute atomic E-state index is 12.7. The molecule has 0 spiro atoms. The summed E-state index contributed by atoms with van der Waals surface area (Å²) < 4.78 is 29.5. The Morgan fingerprint density at radius 2 is 1.64 bits per heavy atom. The molecule has 0 aromatic heterocycles. The topological polar surface area (TPSA) is 46.2 Å². The number of halogens is 1. The number of aryl methyl sites for hydroxylation is 1. The SMILES string of the molecule is Cc1ccc(S(=O)(=O)N[C@H]2CCCC[C@@H]2Sc2ccc(Br)cc2)cc1. The number of sulfonamides is 1. The van der Waals surface area contributed by atoms with Gasteiger partial charge in [0.1, 0.15) is 0 Å². The fraction of sp³-hybridized carbons (Fsp3) is 0.368. The van der Waals surface area contributed by atoms with Crippen LogP contribution in [0.2, 0.25) is 0 Å². The molecule has 2 aromatic rings. The van der Waals surface area contributed by atoms with E-state index in [4.69, 9.17) is 0 Å². The van der Waals surface area contributed by atoms with Crippen molar-refractivity contribution in [2.45, 2.75) is 53.7 Å². The van der Waals surface area contributed by atoms with E-state index in [1.807, 2.05) is 31.2 Å². The van der Waals surface area contributed by atoms with Gasteiger partial charge in [-0.05, 0) is 56.2 Å². The lowest BCUT2D eigenvalue weighted by Crippen LogP contribution is -2.43. The highest BCUT2D eigenvalue weighted by Crippen LogP contribution is 2.35. The Kier molecular flexibility index (Phi) is 6.25. The van der Waals surface area contributed by atoms with Crippen LogP contribution in [0.25, 0.3) is 0 Å². The van der Waals surface area contributed by atoms with Gasteiger partial charge in [0.25, 0.3) is 0 Å². The van der Waals surface area contributed by atoms with Crippen molar-refractivity contribution in [1.82, 2.24) is 4.72 Å². The molecule has 0 saturated heterocycles. The highest BCUT2D eigenvalue weighted by atomic mass is 79.9. The first-order valence-electron chi connectivity index (χ1n) is 8.45. The molecule has 0 radical (unpaired) electrons. The summed E-state index contributed by atoms with van der Waals surface area (Å²) in [5.41, 5.74) is 1.06. The van der Waals surface area contributed by atoms with E-state index in [1.165, 1.54) is 4.90 Å². The summed E-state index contributed by atoms with van der Waals surface area (Å²) in [5.74, 6) is 0. The van der Waals surface area contributed by atoms with Gasteiger partial charge in [-0.15, -0.1) is 11.8 Å². The van der Waals surface area contributed by atoms with Crippen LogP contribution < -0.4 is 4.72 Å². The summed E-state index contributed by atoms with van der Waals surface area (Å²) >= 11 is 5.22. The van der Waals surface area contributed by atoms with E-state index < -0.39 is 10.0 Å². The standard InChI is InChI=1S/C19H22BrNO2S2/c1-14-6-12-17(13-7-14)25(22,23)21-18-4-2-3-5-19(18)24-16-10-8-15(20)9-11-16/h6-13,18-19,21H,2-5H2,1H3/t18-,19-/m0/s1. The van der Waals surface area contributed by atoms with E-state index >= 15 is 0 Å². The normalized spacial score (nSPS) is 21.2. The van der Waals surface area contributed by atoms with Crippen molar-refractivity contribution in [3.63, 3.8) is 0 Å². The number of rotatable bonds is 5. The highest BCUT2D eigenvalue weighted by molar-refractivity contribution is 9.10. The molecule has 2 aromatic carbocycles. The first kappa shape index (κ1) is 19.0. The van der Waals surface area contributed by atoms with E-state index in [9.17, 15) is 8.42 Å². The second-order valence-electron chi connectivity index (χ2n) is 6.44. The minimum absolute atomic E-state index is 0.0336. The van der Waals surface area contributed by atoms with Crippen LogP contribution >= 0.6 is 27.7 Å². The predicted molar refractivity (Wildman–Crippen MR) is 108 cm³/mol. The fourth-order valence-corrected chi connectivity index (χ4v) is 6.00. The van der Waals surface area contributed by atoms with Gasteiger partial charge in [-0.3, -0.25) is 0 Å². The Morgan fingerprint density at radius 1 is 1.00 bits per heavy atom. The Morgan fingerprint density at radius 3 is 2.32 bits per heavy atom. The summed E-state index contributed by atoms with van der Waals surface area (Å²) in [5, 5.41) is 0.259. The van der Waals surface area contributed by atoms with Gasteiger partial charge in [0.2, 0.25) is 10.0 Å². The van der Waals surface area contributed by atoms with Gasteiger partial charge in [0.15, 0.2) is 0 Å². The molecular weight excluding hydrogens is 418 g/mol. The molecule has 1 fully saturated rings. The quantitative estimate of drug-likeness (QED) is 0.701. The Balaban J connectivity index is 1.74. The predicted octanol–water partition coefficient (Wildman–Crippen LogP) is 5.14. The van der Waals surface area contributed by atoms with Crippen molar-refractivity contribution in [3.05, 3.63) is 58.6 Å². The van der Waals surface area contributed by atoms with Crippen molar-refractivity contribution in [2.75, 3.05) is 0 Å². The Hall–Kier alpha value is -0.820. The van der Waals surface area contributed by atoms with Gasteiger partial charge in [0, 0.05) is 20.7 Å². The number of thioether (sulfide) groups is 1. The van der Waals surface area contributed by atoms with Crippen molar-refractivity contribution >= 4 is 37.7 Å². The first-order chi connectivity index (χ1) is 11.9. The first-order valence-corrected chi connectivity index (χ1v) is 11.6. The fourth-order valence-electron chi connectivity index (χ4n) is 3.05. The second kappa shape index (κ2) is 8.25. The Labute approximate surface area is 162 Å². The number of hydrogen-bond acceptors (Lipinski definition) is 3. The van der Waals surface area contributed by atoms with Gasteiger partial charge in [-0.2, -0.15) is 0 Å². The lowest BCUT2D eigenvalue weighted by molar-refractivity contribution is 0.423. The molecule has 134 valence electrons. The maximum Gasteiger partial charge on any atom is 0.240 e. The van der Waals surface area contributed by atoms with Gasteiger partial charge in [-0.1, -0.05) is 46.5 Å². The molecule has 1 N–H and O–H groups in total. The smallest absolute Gasteiger partial charge is 0.207 e. The van der Waals surface area contributed by atoms with Gasteiger partial charge >= 0.3 is 0 Å². The molecule has 2 atom stereocenters. The van der Waals surface area contributed by atoms with Crippen LogP contribution in [0.3, 0.4) is 0 Å². The van der Waals surface area contributed by atoms with Crippen LogP contribution in [0.15, 0.2) is 62.8 Å². The number of hydrogen-bond donors (Lipinski definition) is 1. The van der Waals surface area contributed by atoms with Crippen LogP contribution in [0.4, 0.5) is 0 Å². The number of benzene rings is 2. The van der Waals surface area contributed by atoms with E-state index in [-0.39, 0.29) is 11.3 Å². The van der Waals surface area contributed by atoms with Gasteiger partial charge in [0.05, 0.1) is 4.90 Å². The largest absolute Gasteiger partial charge is 0.240 e. The van der Waals surface area contributed by atoms with Crippen LogP contribution in [0.1, 0.15) is 31.2 Å². The maximum atomic E-state index is 12.7. The summed E-state index contributed by atoms with van der Waals surface area (Å²) in [7, 11) is -3.48. The highest BCUT2D eigenvalue weighted by Gasteiger charge is 2.30. The molecule has 3 nitrogen and oxygen atoms in total. The van der Waals surface area contributed by atoms with Crippen LogP contribution in [0, 0.1) is 6.92 Å². The molecule has 0 unspecified atom stereocenters. The van der Waals surface area contributed by atoms with Crippen LogP contribution in [0.5, 0.6) is 0 Å². The van der Waals surface area contributed by atoms with Crippen molar-refractivity contribution in [1.29, 1.82) is 0 Å². The van der Waals surface area contributed by atoms with Crippen LogP contribution in [-0.2, 0) is 10.0 Å². The monoisotopic (exact) mass is 439 g/mol. The minimum Gasteiger partial charge on any atom is -0.207 e. The molecule has 1 aliphatic carbocycles. The Bertz CT molecular complexity index is 804. The van der Waals surface area contributed by atoms with Crippen molar-refractivity contribution in [3.8, 4) is 0 Å². The molecule has 25 heavy (non-hydrogen) atoms. The molecule has 1 aliphatic rings. The van der Waals surface area contributed by atoms with Gasteiger partial charge in [-0.25, -0.2) is 13.1 Å². The molecule has 3 rings (SSSR count). The lowest BCUT2D eigenvalue weighted by Gasteiger charge is -2.31. The lowest BCUT2D eigenvalue weighted by atomic mass is 9.96. The summed E-state index contributed by atoms with van der Waals surface area (Å²) in [6.45, 7) is 1.95. The van der Waals surface area contributed by atoms with Crippen molar-refractivity contribution in [2.24, 2.45) is 0 Å². The molecule has 0 aliphatic heterocycles. The third kappa shape index (κ3) is 5.09. The molecule has 0 heterocycles. The summed E-state index contributed by atoms with van der Waals surface area (Å²) in [6, 6.07) is 15.2. The second-order valence-corrected chi connectivity index (χ2v) is 10.4. The van der Waals surface area contributed by atoms with E-state index in [0.29, 0.717) is 4.90 Å². The third-order valence-electron chi connectivity index (χ3n) is 4.44. The average molecular weight is 440 g/mol.